The van der Waals surface area contributed by atoms with Crippen LogP contribution in [-0.4, -0.2) is 75.1 Å². The summed E-state index contributed by atoms with van der Waals surface area (Å²) in [5, 5.41) is 2.80. The van der Waals surface area contributed by atoms with Crippen LogP contribution in [0, 0.1) is 0 Å². The Morgan fingerprint density at radius 1 is 1.11 bits per heavy atom. The van der Waals surface area contributed by atoms with Crippen molar-refractivity contribution in [1.82, 2.24) is 15.1 Å². The van der Waals surface area contributed by atoms with E-state index < -0.39 is 20.5 Å². The molecule has 150 valence electrons. The molecule has 1 aromatic rings. The molecule has 1 fully saturated rings. The van der Waals surface area contributed by atoms with Crippen molar-refractivity contribution < 1.29 is 26.8 Å². The molecule has 1 aromatic carbocycles. The van der Waals surface area contributed by atoms with Gasteiger partial charge in [-0.25, -0.2) is 8.42 Å². The Labute approximate surface area is 157 Å². The van der Waals surface area contributed by atoms with Crippen LogP contribution in [-0.2, 0) is 14.6 Å². The van der Waals surface area contributed by atoms with Gasteiger partial charge in [-0.15, -0.1) is 0 Å². The largest absolute Gasteiger partial charge is 0.355 e. The molecule has 0 spiro atoms. The van der Waals surface area contributed by atoms with E-state index in [0.717, 1.165) is 18.6 Å². The molecule has 1 N–H and O–H groups in total. The minimum atomic E-state index is -4.67. The minimum absolute atomic E-state index is 0.0487. The molecule has 10 heteroatoms. The van der Waals surface area contributed by atoms with E-state index >= 15 is 0 Å². The SMILES string of the molecule is CCCNC(=O)CN1CCN(C(=O)c2ccc(S(=O)(=O)C(F)F)cc2)CC1. The van der Waals surface area contributed by atoms with E-state index in [9.17, 15) is 26.8 Å². The summed E-state index contributed by atoms with van der Waals surface area (Å²) in [5.41, 5.74) is 0.234. The van der Waals surface area contributed by atoms with Crippen molar-refractivity contribution in [2.75, 3.05) is 39.3 Å². The number of carbonyl (C=O) groups excluding carboxylic acids is 2. The summed E-state index contributed by atoms with van der Waals surface area (Å²) in [5.74, 6) is -3.85. The van der Waals surface area contributed by atoms with Gasteiger partial charge in [-0.3, -0.25) is 14.5 Å². The minimum Gasteiger partial charge on any atom is -0.355 e. The summed E-state index contributed by atoms with van der Waals surface area (Å²) in [4.78, 5) is 27.3. The van der Waals surface area contributed by atoms with Crippen molar-refractivity contribution in [2.24, 2.45) is 0 Å². The normalized spacial score (nSPS) is 15.8. The summed E-state index contributed by atoms with van der Waals surface area (Å²) in [6.45, 7) is 4.83. The maximum Gasteiger partial charge on any atom is 0.341 e. The van der Waals surface area contributed by atoms with E-state index in [-0.39, 0.29) is 23.9 Å². The van der Waals surface area contributed by atoms with Crippen molar-refractivity contribution in [2.45, 2.75) is 24.0 Å². The van der Waals surface area contributed by atoms with Gasteiger partial charge in [0, 0.05) is 38.3 Å². The summed E-state index contributed by atoms with van der Waals surface area (Å²) in [6, 6.07) is 4.51. The van der Waals surface area contributed by atoms with Crippen molar-refractivity contribution in [1.29, 1.82) is 0 Å². The average molecular weight is 403 g/mol. The smallest absolute Gasteiger partial charge is 0.341 e. The Balaban J connectivity index is 1.91. The zero-order valence-corrected chi connectivity index (χ0v) is 15.8. The Morgan fingerprint density at radius 3 is 2.22 bits per heavy atom. The first-order chi connectivity index (χ1) is 12.8. The zero-order valence-electron chi connectivity index (χ0n) is 15.0. The van der Waals surface area contributed by atoms with Crippen molar-refractivity contribution in [3.8, 4) is 0 Å². The first-order valence-corrected chi connectivity index (χ1v) is 10.2. The second-order valence-corrected chi connectivity index (χ2v) is 8.17. The molecule has 7 nitrogen and oxygen atoms in total. The lowest BCUT2D eigenvalue weighted by Crippen LogP contribution is -2.51. The standard InChI is InChI=1S/C17H23F2N3O4S/c1-2-7-20-15(23)12-21-8-10-22(11-9-21)16(24)13-3-5-14(6-4-13)27(25,26)17(18)19/h3-6,17H,2,7-12H2,1H3,(H,20,23). The lowest BCUT2D eigenvalue weighted by atomic mass is 10.2. The Kier molecular flexibility index (Phi) is 7.25. The Bertz CT molecular complexity index is 761. The molecule has 0 saturated carbocycles. The van der Waals surface area contributed by atoms with Crippen LogP contribution in [0.25, 0.3) is 0 Å². The van der Waals surface area contributed by atoms with Crippen LogP contribution in [0.4, 0.5) is 8.78 Å². The van der Waals surface area contributed by atoms with Crippen LogP contribution in [0.2, 0.25) is 0 Å². The third-order valence-corrected chi connectivity index (χ3v) is 5.66. The van der Waals surface area contributed by atoms with Gasteiger partial charge in [-0.05, 0) is 30.7 Å². The fourth-order valence-electron chi connectivity index (χ4n) is 2.71. The number of piperazine rings is 1. The number of benzene rings is 1. The number of rotatable bonds is 7. The summed E-state index contributed by atoms with van der Waals surface area (Å²) in [6.07, 6.45) is 0.866. The molecular weight excluding hydrogens is 380 g/mol. The second-order valence-electron chi connectivity index (χ2n) is 6.25. The van der Waals surface area contributed by atoms with Gasteiger partial charge in [0.1, 0.15) is 0 Å². The van der Waals surface area contributed by atoms with Gasteiger partial charge < -0.3 is 10.2 Å². The van der Waals surface area contributed by atoms with Crippen LogP contribution in [0.1, 0.15) is 23.7 Å². The number of hydrogen-bond donors (Lipinski definition) is 1. The van der Waals surface area contributed by atoms with Gasteiger partial charge in [-0.1, -0.05) is 6.92 Å². The van der Waals surface area contributed by atoms with E-state index in [4.69, 9.17) is 0 Å². The molecular formula is C17H23F2N3O4S. The zero-order chi connectivity index (χ0) is 20.0. The predicted octanol–water partition coefficient (Wildman–Crippen LogP) is 0.967. The number of alkyl halides is 2. The van der Waals surface area contributed by atoms with E-state index in [1.54, 1.807) is 4.90 Å². The molecule has 1 heterocycles. The Hall–Kier alpha value is -2.07. The molecule has 0 bridgehead atoms. The van der Waals surface area contributed by atoms with Gasteiger partial charge in [0.05, 0.1) is 11.4 Å². The monoisotopic (exact) mass is 403 g/mol. The molecule has 27 heavy (non-hydrogen) atoms. The number of nitrogens with one attached hydrogen (secondary N) is 1. The molecule has 0 unspecified atom stereocenters. The molecule has 2 amide bonds. The van der Waals surface area contributed by atoms with Crippen molar-refractivity contribution >= 4 is 21.7 Å². The highest BCUT2D eigenvalue weighted by Crippen LogP contribution is 2.19. The van der Waals surface area contributed by atoms with Gasteiger partial charge >= 0.3 is 5.76 Å². The molecule has 1 aliphatic rings. The Morgan fingerprint density at radius 2 is 1.70 bits per heavy atom. The van der Waals surface area contributed by atoms with E-state index in [1.165, 1.54) is 12.1 Å². The number of carbonyl (C=O) groups is 2. The van der Waals surface area contributed by atoms with Crippen molar-refractivity contribution in [3.05, 3.63) is 29.8 Å². The molecule has 1 aliphatic heterocycles. The molecule has 1 saturated heterocycles. The maximum atomic E-state index is 12.5. The quantitative estimate of drug-likeness (QED) is 0.733. The number of nitrogens with zero attached hydrogens (tertiary/aromatic N) is 2. The van der Waals surface area contributed by atoms with Gasteiger partial charge in [0.15, 0.2) is 0 Å². The van der Waals surface area contributed by atoms with Gasteiger partial charge in [0.25, 0.3) is 5.91 Å². The number of hydrogen-bond acceptors (Lipinski definition) is 5. The van der Waals surface area contributed by atoms with Crippen LogP contribution in [0.5, 0.6) is 0 Å². The molecule has 0 radical (unpaired) electrons. The van der Waals surface area contributed by atoms with Crippen LogP contribution >= 0.6 is 0 Å². The fourth-order valence-corrected chi connectivity index (χ4v) is 3.43. The van der Waals surface area contributed by atoms with Gasteiger partial charge in [0.2, 0.25) is 15.7 Å². The lowest BCUT2D eigenvalue weighted by Gasteiger charge is -2.34. The number of halogens is 2. The first-order valence-electron chi connectivity index (χ1n) is 8.66. The highest BCUT2D eigenvalue weighted by Gasteiger charge is 2.27. The first kappa shape index (κ1) is 21.2. The van der Waals surface area contributed by atoms with Crippen LogP contribution in [0.3, 0.4) is 0 Å². The summed E-state index contributed by atoms with van der Waals surface area (Å²) >= 11 is 0. The third kappa shape index (κ3) is 5.46. The van der Waals surface area contributed by atoms with Crippen molar-refractivity contribution in [3.63, 3.8) is 0 Å². The molecule has 0 aliphatic carbocycles. The van der Waals surface area contributed by atoms with Gasteiger partial charge in [-0.2, -0.15) is 8.78 Å². The maximum absolute atomic E-state index is 12.5. The van der Waals surface area contributed by atoms with E-state index in [2.05, 4.69) is 5.32 Å². The van der Waals surface area contributed by atoms with Crippen LogP contribution < -0.4 is 5.32 Å². The second kappa shape index (κ2) is 9.23. The van der Waals surface area contributed by atoms with E-state index in [1.807, 2.05) is 11.8 Å². The summed E-state index contributed by atoms with van der Waals surface area (Å²) in [7, 11) is -4.67. The lowest BCUT2D eigenvalue weighted by molar-refractivity contribution is -0.122. The molecule has 0 atom stereocenters. The average Bonchev–Trinajstić information content (AvgIpc) is 2.66. The number of amides is 2. The fraction of sp³-hybridized carbons (Fsp3) is 0.529. The molecule has 2 rings (SSSR count). The van der Waals surface area contributed by atoms with Crippen LogP contribution in [0.15, 0.2) is 29.2 Å². The third-order valence-electron chi connectivity index (χ3n) is 4.26. The predicted molar refractivity (Wildman–Crippen MR) is 95.3 cm³/mol. The summed E-state index contributed by atoms with van der Waals surface area (Å²) < 4.78 is 47.9. The highest BCUT2D eigenvalue weighted by atomic mass is 32.2. The highest BCUT2D eigenvalue weighted by molar-refractivity contribution is 7.91. The van der Waals surface area contributed by atoms with E-state index in [0.29, 0.717) is 32.7 Å². The number of sulfone groups is 1. The topological polar surface area (TPSA) is 86.8 Å². The molecule has 0 aromatic heterocycles.